The molecule has 0 rings (SSSR count). The normalized spacial score (nSPS) is 4.50. The molecule has 0 heterocycles. The number of hydrogen-bond donors (Lipinski definition) is 0. The zero-order chi connectivity index (χ0) is 2.71. The van der Waals surface area contributed by atoms with E-state index >= 15 is 0 Å². The van der Waals surface area contributed by atoms with Crippen LogP contribution < -0.4 is 0 Å². The van der Waals surface area contributed by atoms with Crippen molar-refractivity contribution >= 4 is 17.0 Å². The topological polar surface area (TPSA) is 0 Å². The predicted octanol–water partition coefficient (Wildman–Crippen LogP) is 1.99. The molecular formula is C3H9Br. The third kappa shape index (κ3) is 23.6. The van der Waals surface area contributed by atoms with E-state index in [9.17, 15) is 0 Å². The van der Waals surface area contributed by atoms with Crippen molar-refractivity contribution in [3.8, 4) is 0 Å². The van der Waals surface area contributed by atoms with E-state index < -0.39 is 0 Å². The molecule has 0 fully saturated rings. The number of halogens is 1. The molecule has 0 aliphatic rings. The molecule has 0 aromatic carbocycles. The molecule has 4 heavy (non-hydrogen) atoms. The molecular weight excluding hydrogens is 116 g/mol. The van der Waals surface area contributed by atoms with Crippen molar-refractivity contribution in [2.75, 3.05) is 0 Å². The number of rotatable bonds is 0. The third-order valence-electron chi connectivity index (χ3n) is 0. The van der Waals surface area contributed by atoms with Gasteiger partial charge < -0.3 is 0 Å². The van der Waals surface area contributed by atoms with E-state index in [1.165, 1.54) is 6.42 Å². The van der Waals surface area contributed by atoms with Crippen LogP contribution in [0.2, 0.25) is 0 Å². The summed E-state index contributed by atoms with van der Waals surface area (Å²) in [6.45, 7) is 4.25. The summed E-state index contributed by atoms with van der Waals surface area (Å²) in [4.78, 5) is 0. The second kappa shape index (κ2) is 9.77. The maximum atomic E-state index is 2.12. The fraction of sp³-hybridized carbons (Fsp3) is 1.00. The van der Waals surface area contributed by atoms with Crippen LogP contribution in [0.4, 0.5) is 0 Å². The summed E-state index contributed by atoms with van der Waals surface area (Å²) in [7, 11) is 0. The van der Waals surface area contributed by atoms with Crippen LogP contribution in [0.25, 0.3) is 0 Å². The molecule has 0 unspecified atom stereocenters. The van der Waals surface area contributed by atoms with Gasteiger partial charge in [0.25, 0.3) is 0 Å². The average Bonchev–Trinajstić information content (AvgIpc) is 0.918. The third-order valence-corrected chi connectivity index (χ3v) is 0. The zero-order valence-corrected chi connectivity index (χ0v) is 4.83. The second-order valence-corrected chi connectivity index (χ2v) is 0.707. The Balaban J connectivity index is 0. The minimum absolute atomic E-state index is 0. The Hall–Kier alpha value is 0.480. The molecule has 0 radical (unpaired) electrons. The van der Waals surface area contributed by atoms with Gasteiger partial charge in [-0.3, -0.25) is 0 Å². The Morgan fingerprint density at radius 3 is 1.25 bits per heavy atom. The lowest BCUT2D eigenvalue weighted by molar-refractivity contribution is 1.09. The monoisotopic (exact) mass is 124 g/mol. The van der Waals surface area contributed by atoms with Crippen molar-refractivity contribution in [3.63, 3.8) is 0 Å². The molecule has 0 amide bonds. The van der Waals surface area contributed by atoms with Gasteiger partial charge in [-0.05, 0) is 0 Å². The van der Waals surface area contributed by atoms with Crippen LogP contribution in [0, 0.1) is 0 Å². The molecule has 0 aromatic heterocycles. The van der Waals surface area contributed by atoms with Crippen LogP contribution in [0.1, 0.15) is 20.3 Å². The molecule has 1 heteroatoms. The van der Waals surface area contributed by atoms with E-state index in [2.05, 4.69) is 13.8 Å². The van der Waals surface area contributed by atoms with E-state index in [-0.39, 0.29) is 17.0 Å². The van der Waals surface area contributed by atoms with Crippen LogP contribution in [0.5, 0.6) is 0 Å². The first kappa shape index (κ1) is 8.82. The van der Waals surface area contributed by atoms with Crippen molar-refractivity contribution in [1.29, 1.82) is 0 Å². The van der Waals surface area contributed by atoms with Gasteiger partial charge in [-0.15, -0.1) is 17.0 Å². The fourth-order valence-corrected chi connectivity index (χ4v) is 0. The van der Waals surface area contributed by atoms with E-state index in [0.29, 0.717) is 0 Å². The Kier molecular flexibility index (Phi) is 21.5. The number of hydrogen-bond acceptors (Lipinski definition) is 0. The largest absolute Gasteiger partial charge is 0.114 e. The summed E-state index contributed by atoms with van der Waals surface area (Å²) >= 11 is 0. The molecule has 0 aromatic rings. The minimum Gasteiger partial charge on any atom is -0.114 e. The van der Waals surface area contributed by atoms with E-state index in [1.807, 2.05) is 0 Å². The van der Waals surface area contributed by atoms with Crippen molar-refractivity contribution < 1.29 is 0 Å². The van der Waals surface area contributed by atoms with Crippen LogP contribution in [0.3, 0.4) is 0 Å². The molecule has 0 spiro atoms. The van der Waals surface area contributed by atoms with Gasteiger partial charge in [-0.2, -0.15) is 0 Å². The first-order chi connectivity index (χ1) is 1.41. The lowest BCUT2D eigenvalue weighted by atomic mass is 10.6. The van der Waals surface area contributed by atoms with Gasteiger partial charge in [0.05, 0.1) is 0 Å². The van der Waals surface area contributed by atoms with Gasteiger partial charge in [0.15, 0.2) is 0 Å². The second-order valence-electron chi connectivity index (χ2n) is 0.707. The van der Waals surface area contributed by atoms with Crippen molar-refractivity contribution in [3.05, 3.63) is 0 Å². The van der Waals surface area contributed by atoms with Crippen LogP contribution in [0.15, 0.2) is 0 Å². The Bertz CT molecular complexity index is 3.25. The highest BCUT2D eigenvalue weighted by Gasteiger charge is 1.35. The van der Waals surface area contributed by atoms with Gasteiger partial charge in [-0.25, -0.2) is 0 Å². The standard InChI is InChI=1S/C3H8.BrH/c1-3-2;/h3H2,1-2H3;1H. The Morgan fingerprint density at radius 1 is 1.25 bits per heavy atom. The van der Waals surface area contributed by atoms with Crippen molar-refractivity contribution in [2.45, 2.75) is 20.3 Å². The fourth-order valence-electron chi connectivity index (χ4n) is 0. The first-order valence-corrected chi connectivity index (χ1v) is 1.41. The molecule has 0 aliphatic carbocycles. The Morgan fingerprint density at radius 2 is 1.25 bits per heavy atom. The minimum atomic E-state index is 0. The lowest BCUT2D eigenvalue weighted by Gasteiger charge is -1.48. The van der Waals surface area contributed by atoms with Crippen LogP contribution in [-0.4, -0.2) is 0 Å². The highest BCUT2D eigenvalue weighted by molar-refractivity contribution is 8.93. The molecule has 0 aliphatic heterocycles. The van der Waals surface area contributed by atoms with Crippen LogP contribution >= 0.6 is 17.0 Å². The van der Waals surface area contributed by atoms with E-state index in [1.54, 1.807) is 0 Å². The average molecular weight is 125 g/mol. The van der Waals surface area contributed by atoms with E-state index in [0.717, 1.165) is 0 Å². The molecule has 0 nitrogen and oxygen atoms in total. The molecule has 0 N–H and O–H groups in total. The van der Waals surface area contributed by atoms with Gasteiger partial charge in [0.2, 0.25) is 0 Å². The quantitative estimate of drug-likeness (QED) is 0.464. The summed E-state index contributed by atoms with van der Waals surface area (Å²) in [5.74, 6) is 0. The summed E-state index contributed by atoms with van der Waals surface area (Å²) < 4.78 is 0. The molecule has 0 bridgehead atoms. The van der Waals surface area contributed by atoms with Gasteiger partial charge in [-0.1, -0.05) is 20.3 Å². The maximum absolute atomic E-state index is 2.12. The Labute approximate surface area is 38.0 Å². The summed E-state index contributed by atoms with van der Waals surface area (Å²) in [6.07, 6.45) is 1.25. The van der Waals surface area contributed by atoms with Crippen LogP contribution in [-0.2, 0) is 0 Å². The van der Waals surface area contributed by atoms with Gasteiger partial charge >= 0.3 is 0 Å². The smallest absolute Gasteiger partial charge is 0.0590 e. The lowest BCUT2D eigenvalue weighted by Crippen LogP contribution is -1.27. The van der Waals surface area contributed by atoms with Gasteiger partial charge in [0, 0.05) is 0 Å². The van der Waals surface area contributed by atoms with Gasteiger partial charge in [0.1, 0.15) is 0 Å². The maximum Gasteiger partial charge on any atom is -0.0590 e. The SMILES string of the molecule is Br.CCC. The van der Waals surface area contributed by atoms with E-state index in [4.69, 9.17) is 0 Å². The zero-order valence-electron chi connectivity index (χ0n) is 3.12. The predicted molar refractivity (Wildman–Crippen MR) is 26.3 cm³/mol. The summed E-state index contributed by atoms with van der Waals surface area (Å²) in [5.41, 5.74) is 0. The molecule has 28 valence electrons. The summed E-state index contributed by atoms with van der Waals surface area (Å²) in [5, 5.41) is 0. The highest BCUT2D eigenvalue weighted by atomic mass is 79.9. The molecule has 0 atom stereocenters. The first-order valence-electron chi connectivity index (χ1n) is 1.41. The molecule has 0 saturated heterocycles. The van der Waals surface area contributed by atoms with Crippen molar-refractivity contribution in [2.24, 2.45) is 0 Å². The summed E-state index contributed by atoms with van der Waals surface area (Å²) in [6, 6.07) is 0. The van der Waals surface area contributed by atoms with Crippen molar-refractivity contribution in [1.82, 2.24) is 0 Å². The molecule has 0 saturated carbocycles. The highest BCUT2D eigenvalue weighted by Crippen LogP contribution is 1.56.